The minimum absolute atomic E-state index is 0.0133. The Hall–Kier alpha value is -2.37. The first kappa shape index (κ1) is 18.0. The zero-order chi connectivity index (χ0) is 17.9. The molecule has 0 radical (unpaired) electrons. The summed E-state index contributed by atoms with van der Waals surface area (Å²) in [6.45, 7) is 2.48. The lowest BCUT2D eigenvalue weighted by Gasteiger charge is -2.15. The van der Waals surface area contributed by atoms with Gasteiger partial charge in [0.1, 0.15) is 0 Å². The minimum atomic E-state index is -0.611. The van der Waals surface area contributed by atoms with E-state index in [0.29, 0.717) is 0 Å². The van der Waals surface area contributed by atoms with Gasteiger partial charge in [0, 0.05) is 30.5 Å². The number of hydrogen-bond donors (Lipinski definition) is 1. The Balaban J connectivity index is 2.65. The molecule has 0 aromatic heterocycles. The Labute approximate surface area is 148 Å². The van der Waals surface area contributed by atoms with Crippen molar-refractivity contribution in [3.8, 4) is 5.75 Å². The molecule has 0 heterocycles. The summed E-state index contributed by atoms with van der Waals surface area (Å²) < 4.78 is 5.06. The van der Waals surface area contributed by atoms with Crippen molar-refractivity contribution in [2.75, 3.05) is 5.32 Å². The van der Waals surface area contributed by atoms with Crippen LogP contribution < -0.4 is 10.1 Å². The molecule has 2 aromatic rings. The smallest absolute Gasteiger partial charge is 0.308 e. The van der Waals surface area contributed by atoms with Crippen molar-refractivity contribution in [2.45, 2.75) is 13.8 Å². The van der Waals surface area contributed by atoms with Gasteiger partial charge in [-0.3, -0.25) is 14.4 Å². The number of carbonyl (C=O) groups excluding carboxylic acids is 3. The van der Waals surface area contributed by atoms with Crippen LogP contribution >= 0.6 is 23.2 Å². The van der Waals surface area contributed by atoms with Crippen molar-refractivity contribution in [3.63, 3.8) is 0 Å². The van der Waals surface area contributed by atoms with Crippen molar-refractivity contribution < 1.29 is 19.1 Å². The highest BCUT2D eigenvalue weighted by Crippen LogP contribution is 2.35. The maximum Gasteiger partial charge on any atom is 0.308 e. The average molecular weight is 366 g/mol. The molecule has 124 valence electrons. The monoisotopic (exact) mass is 365 g/mol. The Kier molecular flexibility index (Phi) is 5.59. The standard InChI is InChI=1S/C17H13Cl2NO4/c1-9(21)20-16-13(7-11(18)8-15(16)24-10(2)22)17(23)12-5-3-4-6-14(12)19/h3-8H,1-2H3,(H,20,21). The van der Waals surface area contributed by atoms with Crippen LogP contribution in [-0.2, 0) is 9.59 Å². The third kappa shape index (κ3) is 4.13. The summed E-state index contributed by atoms with van der Waals surface area (Å²) in [5.74, 6) is -1.51. The summed E-state index contributed by atoms with van der Waals surface area (Å²) in [5.41, 5.74) is 0.371. The molecule has 0 fully saturated rings. The summed E-state index contributed by atoms with van der Waals surface area (Å²) >= 11 is 12.1. The van der Waals surface area contributed by atoms with E-state index in [0.717, 1.165) is 0 Å². The molecule has 0 aliphatic heterocycles. The molecule has 0 unspecified atom stereocenters. The van der Waals surface area contributed by atoms with Crippen LogP contribution in [0.25, 0.3) is 0 Å². The molecule has 0 saturated carbocycles. The highest BCUT2D eigenvalue weighted by molar-refractivity contribution is 6.36. The first-order valence-corrected chi connectivity index (χ1v) is 7.64. The zero-order valence-electron chi connectivity index (χ0n) is 12.9. The van der Waals surface area contributed by atoms with Crippen molar-refractivity contribution in [1.29, 1.82) is 0 Å². The Morgan fingerprint density at radius 3 is 2.25 bits per heavy atom. The molecule has 7 heteroatoms. The van der Waals surface area contributed by atoms with E-state index in [9.17, 15) is 14.4 Å². The van der Waals surface area contributed by atoms with Crippen LogP contribution in [0.5, 0.6) is 5.75 Å². The number of ketones is 1. The van der Waals surface area contributed by atoms with E-state index in [1.54, 1.807) is 24.3 Å². The molecule has 0 saturated heterocycles. The number of hydrogen-bond acceptors (Lipinski definition) is 4. The molecule has 0 bridgehead atoms. The molecule has 2 aromatic carbocycles. The number of halogens is 2. The first-order chi connectivity index (χ1) is 11.3. The quantitative estimate of drug-likeness (QED) is 0.502. The molecular formula is C17H13Cl2NO4. The summed E-state index contributed by atoms with van der Waals surface area (Å²) in [7, 11) is 0. The van der Waals surface area contributed by atoms with Gasteiger partial charge in [-0.25, -0.2) is 0 Å². The Morgan fingerprint density at radius 2 is 1.67 bits per heavy atom. The number of esters is 1. The highest BCUT2D eigenvalue weighted by atomic mass is 35.5. The summed E-state index contributed by atoms with van der Waals surface area (Å²) in [4.78, 5) is 35.6. The van der Waals surface area contributed by atoms with Crippen LogP contribution in [0.2, 0.25) is 10.0 Å². The predicted molar refractivity (Wildman–Crippen MR) is 91.9 cm³/mol. The largest absolute Gasteiger partial charge is 0.424 e. The fraction of sp³-hybridized carbons (Fsp3) is 0.118. The molecule has 0 aliphatic carbocycles. The van der Waals surface area contributed by atoms with Gasteiger partial charge in [0.2, 0.25) is 5.91 Å². The van der Waals surface area contributed by atoms with Crippen LogP contribution in [0.15, 0.2) is 36.4 Å². The van der Waals surface area contributed by atoms with Crippen molar-refractivity contribution in [2.24, 2.45) is 0 Å². The molecule has 5 nitrogen and oxygen atoms in total. The number of rotatable bonds is 4. The molecule has 1 N–H and O–H groups in total. The summed E-state index contributed by atoms with van der Waals surface area (Å²) in [6.07, 6.45) is 0. The maximum absolute atomic E-state index is 12.8. The van der Waals surface area contributed by atoms with E-state index in [4.69, 9.17) is 27.9 Å². The van der Waals surface area contributed by atoms with Crippen LogP contribution in [0.1, 0.15) is 29.8 Å². The molecule has 0 aliphatic rings. The number of anilines is 1. The summed E-state index contributed by atoms with van der Waals surface area (Å²) in [6, 6.07) is 9.20. The lowest BCUT2D eigenvalue weighted by atomic mass is 10.0. The van der Waals surface area contributed by atoms with Gasteiger partial charge in [-0.2, -0.15) is 0 Å². The average Bonchev–Trinajstić information content (AvgIpc) is 2.48. The lowest BCUT2D eigenvalue weighted by Crippen LogP contribution is -2.15. The topological polar surface area (TPSA) is 72.5 Å². The number of nitrogens with one attached hydrogen (secondary N) is 1. The van der Waals surface area contributed by atoms with E-state index < -0.39 is 17.7 Å². The fourth-order valence-corrected chi connectivity index (χ4v) is 2.52. The predicted octanol–water partition coefficient (Wildman–Crippen LogP) is 4.11. The van der Waals surface area contributed by atoms with Crippen molar-refractivity contribution in [1.82, 2.24) is 0 Å². The van der Waals surface area contributed by atoms with Gasteiger partial charge in [0.15, 0.2) is 11.5 Å². The fourth-order valence-electron chi connectivity index (χ4n) is 2.09. The SMILES string of the molecule is CC(=O)Nc1c(OC(C)=O)cc(Cl)cc1C(=O)c1ccccc1Cl. The number of benzene rings is 2. The lowest BCUT2D eigenvalue weighted by molar-refractivity contribution is -0.131. The first-order valence-electron chi connectivity index (χ1n) is 6.88. The second-order valence-corrected chi connectivity index (χ2v) is 5.75. The summed E-state index contributed by atoms with van der Waals surface area (Å²) in [5, 5.41) is 2.94. The molecule has 0 spiro atoms. The van der Waals surface area contributed by atoms with Gasteiger partial charge in [0.25, 0.3) is 0 Å². The second kappa shape index (κ2) is 7.47. The third-order valence-electron chi connectivity index (χ3n) is 2.98. The molecule has 24 heavy (non-hydrogen) atoms. The van der Waals surface area contributed by atoms with E-state index in [-0.39, 0.29) is 32.6 Å². The van der Waals surface area contributed by atoms with E-state index in [1.165, 1.54) is 26.0 Å². The third-order valence-corrected chi connectivity index (χ3v) is 3.53. The van der Waals surface area contributed by atoms with E-state index in [2.05, 4.69) is 5.32 Å². The van der Waals surface area contributed by atoms with E-state index >= 15 is 0 Å². The highest BCUT2D eigenvalue weighted by Gasteiger charge is 2.22. The van der Waals surface area contributed by atoms with Crippen LogP contribution in [0, 0.1) is 0 Å². The van der Waals surface area contributed by atoms with Gasteiger partial charge in [-0.15, -0.1) is 0 Å². The molecule has 1 amide bonds. The van der Waals surface area contributed by atoms with Gasteiger partial charge < -0.3 is 10.1 Å². The van der Waals surface area contributed by atoms with Crippen LogP contribution in [0.4, 0.5) is 5.69 Å². The second-order valence-electron chi connectivity index (χ2n) is 4.91. The van der Waals surface area contributed by atoms with E-state index in [1.807, 2.05) is 0 Å². The maximum atomic E-state index is 12.8. The number of amides is 1. The van der Waals surface area contributed by atoms with Crippen molar-refractivity contribution in [3.05, 3.63) is 57.6 Å². The Morgan fingerprint density at radius 1 is 1.00 bits per heavy atom. The number of carbonyl (C=O) groups is 3. The zero-order valence-corrected chi connectivity index (χ0v) is 14.4. The molecule has 0 atom stereocenters. The molecule has 2 rings (SSSR count). The normalized spacial score (nSPS) is 10.2. The van der Waals surface area contributed by atoms with Gasteiger partial charge in [-0.1, -0.05) is 35.3 Å². The Bertz CT molecular complexity index is 833. The van der Waals surface area contributed by atoms with Crippen molar-refractivity contribution >= 4 is 46.5 Å². The van der Waals surface area contributed by atoms with Gasteiger partial charge in [0.05, 0.1) is 16.3 Å². The van der Waals surface area contributed by atoms with Gasteiger partial charge >= 0.3 is 5.97 Å². The van der Waals surface area contributed by atoms with Crippen LogP contribution in [0.3, 0.4) is 0 Å². The number of ether oxygens (including phenoxy) is 1. The van der Waals surface area contributed by atoms with Crippen LogP contribution in [-0.4, -0.2) is 17.7 Å². The van der Waals surface area contributed by atoms with Gasteiger partial charge in [-0.05, 0) is 18.2 Å². The molecular weight excluding hydrogens is 353 g/mol. The minimum Gasteiger partial charge on any atom is -0.424 e.